The van der Waals surface area contributed by atoms with Gasteiger partial charge in [-0.2, -0.15) is 0 Å². The van der Waals surface area contributed by atoms with E-state index < -0.39 is 0 Å². The van der Waals surface area contributed by atoms with Gasteiger partial charge in [-0.1, -0.05) is 37.1 Å². The van der Waals surface area contributed by atoms with E-state index in [1.807, 2.05) is 12.1 Å². The number of esters is 1. The Bertz CT molecular complexity index is 393. The van der Waals surface area contributed by atoms with Gasteiger partial charge in [0.1, 0.15) is 0 Å². The van der Waals surface area contributed by atoms with Crippen molar-refractivity contribution in [2.75, 3.05) is 6.61 Å². The second kappa shape index (κ2) is 7.13. The van der Waals surface area contributed by atoms with Crippen LogP contribution >= 0.6 is 11.6 Å². The molecule has 0 saturated carbocycles. The van der Waals surface area contributed by atoms with E-state index >= 15 is 0 Å². The van der Waals surface area contributed by atoms with Crippen LogP contribution in [0.5, 0.6) is 0 Å². The zero-order chi connectivity index (χ0) is 12.7. The highest BCUT2D eigenvalue weighted by Crippen LogP contribution is 2.13. The Morgan fingerprint density at radius 1 is 1.35 bits per heavy atom. The maximum Gasteiger partial charge on any atom is 0.333 e. The molecule has 0 saturated heterocycles. The van der Waals surface area contributed by atoms with Crippen LogP contribution in [0.25, 0.3) is 6.08 Å². The van der Waals surface area contributed by atoms with E-state index in [1.54, 1.807) is 25.1 Å². The van der Waals surface area contributed by atoms with Gasteiger partial charge in [0.15, 0.2) is 0 Å². The average molecular weight is 253 g/mol. The van der Waals surface area contributed by atoms with Gasteiger partial charge in [0.2, 0.25) is 0 Å². The summed E-state index contributed by atoms with van der Waals surface area (Å²) in [6.07, 6.45) is 3.72. The number of rotatable bonds is 5. The minimum atomic E-state index is -0.256. The van der Waals surface area contributed by atoms with E-state index in [-0.39, 0.29) is 5.97 Å². The van der Waals surface area contributed by atoms with Crippen LogP contribution < -0.4 is 0 Å². The predicted octanol–water partition coefficient (Wildman–Crippen LogP) is 4.09. The third-order valence-electron chi connectivity index (χ3n) is 2.31. The molecule has 0 heterocycles. The number of unbranched alkanes of at least 4 members (excludes halogenated alkanes) is 1. The zero-order valence-electron chi connectivity index (χ0n) is 10.2. The molecule has 0 aromatic heterocycles. The van der Waals surface area contributed by atoms with Gasteiger partial charge in [0, 0.05) is 10.6 Å². The fourth-order valence-corrected chi connectivity index (χ4v) is 1.42. The van der Waals surface area contributed by atoms with Gasteiger partial charge >= 0.3 is 5.97 Å². The standard InChI is InChI=1S/C14H17ClO2/c1-3-4-9-17-14(16)11(2)10-12-5-7-13(15)8-6-12/h5-8,10H,3-4,9H2,1-2H3/b11-10+. The first-order chi connectivity index (χ1) is 8.13. The molecule has 3 heteroatoms. The summed E-state index contributed by atoms with van der Waals surface area (Å²) in [5.41, 5.74) is 1.54. The first kappa shape index (κ1) is 13.8. The first-order valence-corrected chi connectivity index (χ1v) is 6.12. The van der Waals surface area contributed by atoms with Crippen LogP contribution in [0, 0.1) is 0 Å². The summed E-state index contributed by atoms with van der Waals surface area (Å²) >= 11 is 5.78. The number of hydrogen-bond donors (Lipinski definition) is 0. The number of hydrogen-bond acceptors (Lipinski definition) is 2. The van der Waals surface area contributed by atoms with Crippen LogP contribution in [0.3, 0.4) is 0 Å². The molecule has 0 radical (unpaired) electrons. The van der Waals surface area contributed by atoms with E-state index in [2.05, 4.69) is 6.92 Å². The molecule has 0 aliphatic rings. The molecule has 0 atom stereocenters. The fraction of sp³-hybridized carbons (Fsp3) is 0.357. The molecular formula is C14H17ClO2. The van der Waals surface area contributed by atoms with Gasteiger partial charge in [-0.15, -0.1) is 0 Å². The number of carbonyl (C=O) groups excluding carboxylic acids is 1. The largest absolute Gasteiger partial charge is 0.462 e. The average Bonchev–Trinajstić information content (AvgIpc) is 2.32. The topological polar surface area (TPSA) is 26.3 Å². The van der Waals surface area contributed by atoms with Crippen molar-refractivity contribution < 1.29 is 9.53 Å². The van der Waals surface area contributed by atoms with Gasteiger partial charge < -0.3 is 4.74 Å². The Morgan fingerprint density at radius 2 is 2.00 bits per heavy atom. The Hall–Kier alpha value is -1.28. The van der Waals surface area contributed by atoms with Gasteiger partial charge in [-0.3, -0.25) is 0 Å². The van der Waals surface area contributed by atoms with E-state index in [0.29, 0.717) is 17.2 Å². The smallest absolute Gasteiger partial charge is 0.333 e. The van der Waals surface area contributed by atoms with Gasteiger partial charge in [-0.25, -0.2) is 4.79 Å². The number of carbonyl (C=O) groups is 1. The summed E-state index contributed by atoms with van der Waals surface area (Å²) in [4.78, 5) is 11.6. The molecule has 1 aromatic carbocycles. The van der Waals surface area contributed by atoms with E-state index in [4.69, 9.17) is 16.3 Å². The molecule has 17 heavy (non-hydrogen) atoms. The molecule has 0 spiro atoms. The number of benzene rings is 1. The van der Waals surface area contributed by atoms with Gasteiger partial charge in [0.05, 0.1) is 6.61 Å². The molecule has 0 aliphatic heterocycles. The van der Waals surface area contributed by atoms with Crippen LogP contribution in [-0.2, 0) is 9.53 Å². The maximum atomic E-state index is 11.6. The third kappa shape index (κ3) is 5.05. The van der Waals surface area contributed by atoms with Crippen molar-refractivity contribution in [3.8, 4) is 0 Å². The van der Waals surface area contributed by atoms with Crippen molar-refractivity contribution in [2.45, 2.75) is 26.7 Å². The summed E-state index contributed by atoms with van der Waals surface area (Å²) in [5, 5.41) is 0.685. The number of ether oxygens (including phenoxy) is 1. The zero-order valence-corrected chi connectivity index (χ0v) is 11.0. The molecule has 0 unspecified atom stereocenters. The Labute approximate surface area is 107 Å². The van der Waals surface area contributed by atoms with E-state index in [0.717, 1.165) is 18.4 Å². The van der Waals surface area contributed by atoms with Crippen LogP contribution in [0.1, 0.15) is 32.3 Å². The van der Waals surface area contributed by atoms with Crippen LogP contribution in [0.15, 0.2) is 29.8 Å². The quantitative estimate of drug-likeness (QED) is 0.448. The maximum absolute atomic E-state index is 11.6. The monoisotopic (exact) mass is 252 g/mol. The molecule has 2 nitrogen and oxygen atoms in total. The van der Waals surface area contributed by atoms with Crippen LogP contribution in [-0.4, -0.2) is 12.6 Å². The highest BCUT2D eigenvalue weighted by Gasteiger charge is 2.05. The Morgan fingerprint density at radius 3 is 2.59 bits per heavy atom. The lowest BCUT2D eigenvalue weighted by Crippen LogP contribution is -2.06. The van der Waals surface area contributed by atoms with Crippen molar-refractivity contribution in [1.29, 1.82) is 0 Å². The lowest BCUT2D eigenvalue weighted by molar-refractivity contribution is -0.138. The van der Waals surface area contributed by atoms with Crippen molar-refractivity contribution in [2.24, 2.45) is 0 Å². The third-order valence-corrected chi connectivity index (χ3v) is 2.56. The number of halogens is 1. The van der Waals surface area contributed by atoms with Gasteiger partial charge in [0.25, 0.3) is 0 Å². The van der Waals surface area contributed by atoms with E-state index in [1.165, 1.54) is 0 Å². The normalized spacial score (nSPS) is 11.4. The minimum Gasteiger partial charge on any atom is -0.462 e. The van der Waals surface area contributed by atoms with Crippen molar-refractivity contribution >= 4 is 23.6 Å². The van der Waals surface area contributed by atoms with E-state index in [9.17, 15) is 4.79 Å². The molecule has 0 N–H and O–H groups in total. The first-order valence-electron chi connectivity index (χ1n) is 5.74. The lowest BCUT2D eigenvalue weighted by atomic mass is 10.1. The van der Waals surface area contributed by atoms with Crippen molar-refractivity contribution in [3.05, 3.63) is 40.4 Å². The molecule has 92 valence electrons. The summed E-state index contributed by atoms with van der Waals surface area (Å²) in [5.74, 6) is -0.256. The second-order valence-corrected chi connectivity index (χ2v) is 4.30. The molecule has 1 aromatic rings. The summed E-state index contributed by atoms with van der Waals surface area (Å²) in [6, 6.07) is 7.32. The van der Waals surface area contributed by atoms with Crippen molar-refractivity contribution in [1.82, 2.24) is 0 Å². The Balaban J connectivity index is 2.59. The van der Waals surface area contributed by atoms with Gasteiger partial charge in [-0.05, 0) is 37.1 Å². The minimum absolute atomic E-state index is 0.256. The Kier molecular flexibility index (Phi) is 5.78. The predicted molar refractivity (Wildman–Crippen MR) is 71.0 cm³/mol. The van der Waals surface area contributed by atoms with Crippen LogP contribution in [0.4, 0.5) is 0 Å². The molecule has 0 bridgehead atoms. The second-order valence-electron chi connectivity index (χ2n) is 3.87. The highest BCUT2D eigenvalue weighted by atomic mass is 35.5. The SMILES string of the molecule is CCCCOC(=O)/C(C)=C/c1ccc(Cl)cc1. The molecule has 0 aliphatic carbocycles. The lowest BCUT2D eigenvalue weighted by Gasteiger charge is -2.04. The highest BCUT2D eigenvalue weighted by molar-refractivity contribution is 6.30. The molecular weight excluding hydrogens is 236 g/mol. The summed E-state index contributed by atoms with van der Waals surface area (Å²) < 4.78 is 5.11. The summed E-state index contributed by atoms with van der Waals surface area (Å²) in [6.45, 7) is 4.30. The molecule has 1 rings (SSSR count). The van der Waals surface area contributed by atoms with Crippen LogP contribution in [0.2, 0.25) is 5.02 Å². The molecule has 0 amide bonds. The van der Waals surface area contributed by atoms with Crippen molar-refractivity contribution in [3.63, 3.8) is 0 Å². The fourth-order valence-electron chi connectivity index (χ4n) is 1.29. The summed E-state index contributed by atoms with van der Waals surface area (Å²) in [7, 11) is 0. The molecule has 0 fully saturated rings.